The molecule has 1 heterocycles. The van der Waals surface area contributed by atoms with Crippen LogP contribution in [0.1, 0.15) is 10.7 Å². The zero-order chi connectivity index (χ0) is 14.0. The Labute approximate surface area is 120 Å². The van der Waals surface area contributed by atoms with Crippen molar-refractivity contribution in [3.8, 4) is 0 Å². The molecule has 19 heavy (non-hydrogen) atoms. The molecule has 0 fully saturated rings. The van der Waals surface area contributed by atoms with Gasteiger partial charge >= 0.3 is 0 Å². The maximum absolute atomic E-state index is 13.3. The van der Waals surface area contributed by atoms with Gasteiger partial charge in [0.15, 0.2) is 0 Å². The standard InChI is InChI=1S/C11H9BrFN3O2S/c1-6-15-7(5-19-6)4-14-10-2-8(12)9(13)3-11(10)16(17)18/h2-3,5,14H,4H2,1H3. The number of nitrogens with one attached hydrogen (secondary N) is 1. The summed E-state index contributed by atoms with van der Waals surface area (Å²) in [4.78, 5) is 14.5. The summed E-state index contributed by atoms with van der Waals surface area (Å²) in [5, 5.41) is 16.6. The van der Waals surface area contributed by atoms with Crippen molar-refractivity contribution in [2.75, 3.05) is 5.32 Å². The monoisotopic (exact) mass is 345 g/mol. The van der Waals surface area contributed by atoms with Crippen molar-refractivity contribution in [1.82, 2.24) is 4.98 Å². The van der Waals surface area contributed by atoms with Crippen molar-refractivity contribution >= 4 is 38.6 Å². The highest BCUT2D eigenvalue weighted by molar-refractivity contribution is 9.10. The lowest BCUT2D eigenvalue weighted by Gasteiger charge is -2.06. The number of benzene rings is 1. The summed E-state index contributed by atoms with van der Waals surface area (Å²) >= 11 is 4.51. The van der Waals surface area contributed by atoms with E-state index in [1.54, 1.807) is 0 Å². The average Bonchev–Trinajstić information content (AvgIpc) is 2.76. The minimum Gasteiger partial charge on any atom is -0.374 e. The minimum absolute atomic E-state index is 0.176. The van der Waals surface area contributed by atoms with Gasteiger partial charge in [-0.25, -0.2) is 9.37 Å². The molecule has 0 unspecified atom stereocenters. The van der Waals surface area contributed by atoms with E-state index in [2.05, 4.69) is 26.2 Å². The predicted octanol–water partition coefficient (Wildman–Crippen LogP) is 3.87. The van der Waals surface area contributed by atoms with Crippen LogP contribution in [0.4, 0.5) is 15.8 Å². The molecule has 5 nitrogen and oxygen atoms in total. The highest BCUT2D eigenvalue weighted by Crippen LogP contribution is 2.30. The molecule has 100 valence electrons. The highest BCUT2D eigenvalue weighted by atomic mass is 79.9. The fourth-order valence-corrected chi connectivity index (χ4v) is 2.46. The first-order chi connectivity index (χ1) is 8.97. The molecule has 1 aromatic heterocycles. The molecule has 0 saturated carbocycles. The van der Waals surface area contributed by atoms with Crippen LogP contribution in [0.2, 0.25) is 0 Å². The summed E-state index contributed by atoms with van der Waals surface area (Å²) < 4.78 is 13.5. The Morgan fingerprint density at radius 3 is 2.89 bits per heavy atom. The number of nitrogens with zero attached hydrogens (tertiary/aromatic N) is 2. The van der Waals surface area contributed by atoms with Gasteiger partial charge in [0.25, 0.3) is 5.69 Å². The van der Waals surface area contributed by atoms with Gasteiger partial charge in [0.1, 0.15) is 11.5 Å². The van der Waals surface area contributed by atoms with E-state index in [9.17, 15) is 14.5 Å². The van der Waals surface area contributed by atoms with E-state index in [1.165, 1.54) is 17.4 Å². The number of anilines is 1. The number of halogens is 2. The summed E-state index contributed by atoms with van der Waals surface area (Å²) in [5.74, 6) is -0.665. The van der Waals surface area contributed by atoms with E-state index >= 15 is 0 Å². The van der Waals surface area contributed by atoms with Crippen LogP contribution in [0.25, 0.3) is 0 Å². The minimum atomic E-state index is -0.665. The van der Waals surface area contributed by atoms with E-state index in [1.807, 2.05) is 12.3 Å². The van der Waals surface area contributed by atoms with Crippen LogP contribution in [0.3, 0.4) is 0 Å². The van der Waals surface area contributed by atoms with E-state index in [0.29, 0.717) is 6.54 Å². The van der Waals surface area contributed by atoms with Crippen LogP contribution < -0.4 is 5.32 Å². The maximum Gasteiger partial charge on any atom is 0.295 e. The number of hydrogen-bond donors (Lipinski definition) is 1. The molecular formula is C11H9BrFN3O2S. The average molecular weight is 346 g/mol. The summed E-state index contributed by atoms with van der Waals surface area (Å²) in [6.07, 6.45) is 0. The van der Waals surface area contributed by atoms with Gasteiger partial charge in [-0.3, -0.25) is 10.1 Å². The third kappa shape index (κ3) is 3.27. The Bertz CT molecular complexity index is 632. The number of aryl methyl sites for hydroxylation is 1. The van der Waals surface area contributed by atoms with Crippen molar-refractivity contribution in [3.05, 3.63) is 48.6 Å². The molecule has 0 atom stereocenters. The molecule has 0 aliphatic heterocycles. The van der Waals surface area contributed by atoms with Gasteiger partial charge < -0.3 is 5.32 Å². The molecule has 2 rings (SSSR count). The molecule has 0 radical (unpaired) electrons. The van der Waals surface area contributed by atoms with Gasteiger partial charge in [0, 0.05) is 5.38 Å². The third-order valence-electron chi connectivity index (χ3n) is 2.36. The van der Waals surface area contributed by atoms with Crippen LogP contribution in [0, 0.1) is 22.9 Å². The molecule has 0 bridgehead atoms. The first-order valence-corrected chi connectivity index (χ1v) is 6.93. The summed E-state index contributed by atoms with van der Waals surface area (Å²) in [5.41, 5.74) is 0.744. The normalized spacial score (nSPS) is 10.5. The largest absolute Gasteiger partial charge is 0.374 e. The molecule has 0 amide bonds. The molecule has 8 heteroatoms. The van der Waals surface area contributed by atoms with Crippen molar-refractivity contribution in [2.24, 2.45) is 0 Å². The molecule has 0 spiro atoms. The summed E-state index contributed by atoms with van der Waals surface area (Å²) in [6.45, 7) is 2.23. The number of aromatic nitrogens is 1. The Hall–Kier alpha value is -1.54. The first kappa shape index (κ1) is 13.9. The fraction of sp³-hybridized carbons (Fsp3) is 0.182. The van der Waals surface area contributed by atoms with E-state index < -0.39 is 10.7 Å². The Kier molecular flexibility index (Phi) is 4.11. The zero-order valence-corrected chi connectivity index (χ0v) is 12.2. The number of rotatable bonds is 4. The molecular weight excluding hydrogens is 337 g/mol. The lowest BCUT2D eigenvalue weighted by Crippen LogP contribution is -2.03. The first-order valence-electron chi connectivity index (χ1n) is 5.25. The Morgan fingerprint density at radius 1 is 1.58 bits per heavy atom. The quantitative estimate of drug-likeness (QED) is 0.674. The van der Waals surface area contributed by atoms with Crippen LogP contribution in [-0.4, -0.2) is 9.91 Å². The van der Waals surface area contributed by atoms with Crippen LogP contribution in [0.15, 0.2) is 22.0 Å². The number of nitro benzene ring substituents is 1. The van der Waals surface area contributed by atoms with Gasteiger partial charge in [-0.1, -0.05) is 0 Å². The molecule has 1 aromatic carbocycles. The summed E-state index contributed by atoms with van der Waals surface area (Å²) in [6, 6.07) is 2.24. The lowest BCUT2D eigenvalue weighted by molar-refractivity contribution is -0.384. The lowest BCUT2D eigenvalue weighted by atomic mass is 10.2. The summed E-state index contributed by atoms with van der Waals surface area (Å²) in [7, 11) is 0. The topological polar surface area (TPSA) is 68.1 Å². The second-order valence-electron chi connectivity index (χ2n) is 3.75. The number of hydrogen-bond acceptors (Lipinski definition) is 5. The van der Waals surface area contributed by atoms with Gasteiger partial charge in [-0.15, -0.1) is 11.3 Å². The third-order valence-corrected chi connectivity index (χ3v) is 3.79. The highest BCUT2D eigenvalue weighted by Gasteiger charge is 2.17. The van der Waals surface area contributed by atoms with Crippen molar-refractivity contribution in [1.29, 1.82) is 0 Å². The SMILES string of the molecule is Cc1nc(CNc2cc(Br)c(F)cc2[N+](=O)[O-])cs1. The zero-order valence-electron chi connectivity index (χ0n) is 9.81. The second kappa shape index (κ2) is 5.62. The van der Waals surface area contributed by atoms with Crippen molar-refractivity contribution in [2.45, 2.75) is 13.5 Å². The number of nitro groups is 1. The molecule has 1 N–H and O–H groups in total. The molecule has 0 aliphatic rings. The van der Waals surface area contributed by atoms with Crippen molar-refractivity contribution in [3.63, 3.8) is 0 Å². The van der Waals surface area contributed by atoms with Gasteiger partial charge in [-0.2, -0.15) is 0 Å². The van der Waals surface area contributed by atoms with Crippen LogP contribution in [-0.2, 0) is 6.54 Å². The molecule has 2 aromatic rings. The van der Waals surface area contributed by atoms with Crippen LogP contribution >= 0.6 is 27.3 Å². The van der Waals surface area contributed by atoms with Crippen LogP contribution in [0.5, 0.6) is 0 Å². The predicted molar refractivity (Wildman–Crippen MR) is 74.9 cm³/mol. The second-order valence-corrected chi connectivity index (χ2v) is 5.67. The smallest absolute Gasteiger partial charge is 0.295 e. The molecule has 0 saturated heterocycles. The van der Waals surface area contributed by atoms with Gasteiger partial charge in [0.05, 0.1) is 32.7 Å². The van der Waals surface area contributed by atoms with E-state index in [-0.39, 0.29) is 15.8 Å². The van der Waals surface area contributed by atoms with Gasteiger partial charge in [0.2, 0.25) is 0 Å². The fourth-order valence-electron chi connectivity index (χ4n) is 1.50. The Morgan fingerprint density at radius 2 is 2.32 bits per heavy atom. The van der Waals surface area contributed by atoms with Gasteiger partial charge in [-0.05, 0) is 28.9 Å². The Balaban J connectivity index is 2.23. The van der Waals surface area contributed by atoms with Crippen molar-refractivity contribution < 1.29 is 9.31 Å². The molecule has 0 aliphatic carbocycles. The number of thiazole rings is 1. The van der Waals surface area contributed by atoms with E-state index in [0.717, 1.165) is 16.8 Å². The van der Waals surface area contributed by atoms with E-state index in [4.69, 9.17) is 0 Å². The maximum atomic E-state index is 13.3.